The van der Waals surface area contributed by atoms with Gasteiger partial charge in [0.25, 0.3) is 0 Å². The fraction of sp³-hybridized carbons (Fsp3) is 0.167. The highest BCUT2D eigenvalue weighted by molar-refractivity contribution is 6.21. The molecule has 0 N–H and O–H groups in total. The van der Waals surface area contributed by atoms with Crippen LogP contribution >= 0.6 is 11.6 Å². The number of hydrogen-bond acceptors (Lipinski definition) is 2. The summed E-state index contributed by atoms with van der Waals surface area (Å²) in [5.74, 6) is -0.546. The van der Waals surface area contributed by atoms with Crippen molar-refractivity contribution in [3.8, 4) is 0 Å². The SMILES string of the molecule is C=CC(=O)OC(Cl)C=C. The van der Waals surface area contributed by atoms with Gasteiger partial charge in [-0.05, 0) is 6.08 Å². The summed E-state index contributed by atoms with van der Waals surface area (Å²) in [5, 5.41) is 0. The molecule has 9 heavy (non-hydrogen) atoms. The molecule has 0 heterocycles. The van der Waals surface area contributed by atoms with Gasteiger partial charge in [0.1, 0.15) is 0 Å². The maximum Gasteiger partial charge on any atom is 0.331 e. The minimum atomic E-state index is -0.754. The third kappa shape index (κ3) is 3.79. The van der Waals surface area contributed by atoms with Crippen LogP contribution in [0.2, 0.25) is 0 Å². The van der Waals surface area contributed by atoms with Crippen molar-refractivity contribution in [2.45, 2.75) is 5.56 Å². The molecule has 0 saturated carbocycles. The molecular formula is C6H7ClO2. The number of ether oxygens (including phenoxy) is 1. The zero-order valence-corrected chi connectivity index (χ0v) is 5.60. The summed E-state index contributed by atoms with van der Waals surface area (Å²) in [6.07, 6.45) is 2.35. The molecule has 0 amide bonds. The fourth-order valence-electron chi connectivity index (χ4n) is 0.207. The van der Waals surface area contributed by atoms with Crippen LogP contribution < -0.4 is 0 Å². The summed E-state index contributed by atoms with van der Waals surface area (Å²) < 4.78 is 4.44. The van der Waals surface area contributed by atoms with Crippen LogP contribution in [0.25, 0.3) is 0 Å². The summed E-state index contributed by atoms with van der Waals surface area (Å²) in [6.45, 7) is 6.48. The quantitative estimate of drug-likeness (QED) is 0.261. The minimum absolute atomic E-state index is 0.546. The Balaban J connectivity index is 3.58. The minimum Gasteiger partial charge on any atom is -0.439 e. The van der Waals surface area contributed by atoms with Crippen LogP contribution in [0.5, 0.6) is 0 Å². The highest BCUT2D eigenvalue weighted by atomic mass is 35.5. The zero-order chi connectivity index (χ0) is 7.28. The predicted molar refractivity (Wildman–Crippen MR) is 36.1 cm³/mol. The first-order chi connectivity index (χ1) is 4.20. The van der Waals surface area contributed by atoms with Crippen LogP contribution in [0.3, 0.4) is 0 Å². The number of esters is 1. The van der Waals surface area contributed by atoms with E-state index in [1.165, 1.54) is 6.08 Å². The number of carbonyl (C=O) groups excluding carboxylic acids is 1. The van der Waals surface area contributed by atoms with Gasteiger partial charge in [-0.1, -0.05) is 24.8 Å². The van der Waals surface area contributed by atoms with Gasteiger partial charge in [0.05, 0.1) is 0 Å². The van der Waals surface area contributed by atoms with E-state index in [9.17, 15) is 4.79 Å². The Hall–Kier alpha value is -0.760. The molecule has 50 valence electrons. The van der Waals surface area contributed by atoms with Crippen LogP contribution in [0, 0.1) is 0 Å². The third-order valence-corrected chi connectivity index (χ3v) is 0.848. The van der Waals surface area contributed by atoms with Gasteiger partial charge in [0, 0.05) is 6.08 Å². The van der Waals surface area contributed by atoms with Gasteiger partial charge in [-0.15, -0.1) is 0 Å². The van der Waals surface area contributed by atoms with Crippen molar-refractivity contribution in [1.82, 2.24) is 0 Å². The number of hydrogen-bond donors (Lipinski definition) is 0. The van der Waals surface area contributed by atoms with Crippen LogP contribution in [-0.4, -0.2) is 11.5 Å². The van der Waals surface area contributed by atoms with E-state index in [1.54, 1.807) is 0 Å². The lowest BCUT2D eigenvalue weighted by atomic mass is 10.6. The second-order valence-corrected chi connectivity index (χ2v) is 1.66. The van der Waals surface area contributed by atoms with Gasteiger partial charge in [0.15, 0.2) is 5.56 Å². The monoisotopic (exact) mass is 146 g/mol. The van der Waals surface area contributed by atoms with E-state index >= 15 is 0 Å². The van der Waals surface area contributed by atoms with E-state index in [4.69, 9.17) is 11.6 Å². The van der Waals surface area contributed by atoms with Gasteiger partial charge in [-0.2, -0.15) is 0 Å². The lowest BCUT2D eigenvalue weighted by Gasteiger charge is -2.01. The normalized spacial score (nSPS) is 11.7. The van der Waals surface area contributed by atoms with Gasteiger partial charge in [-0.3, -0.25) is 0 Å². The third-order valence-electron chi connectivity index (χ3n) is 0.581. The number of rotatable bonds is 3. The van der Waals surface area contributed by atoms with Gasteiger partial charge in [0.2, 0.25) is 0 Å². The highest BCUT2D eigenvalue weighted by Gasteiger charge is 2.01. The average molecular weight is 147 g/mol. The zero-order valence-electron chi connectivity index (χ0n) is 4.84. The molecule has 0 fully saturated rings. The molecule has 1 atom stereocenters. The molecule has 2 nitrogen and oxygen atoms in total. The van der Waals surface area contributed by atoms with E-state index < -0.39 is 11.5 Å². The maximum atomic E-state index is 10.3. The molecule has 3 heteroatoms. The summed E-state index contributed by atoms with van der Waals surface area (Å²) in [6, 6.07) is 0. The summed E-state index contributed by atoms with van der Waals surface area (Å²) >= 11 is 5.33. The molecule has 0 aliphatic rings. The Morgan fingerprint density at radius 2 is 2.22 bits per heavy atom. The molecule has 0 aliphatic carbocycles. The molecule has 0 saturated heterocycles. The Kier molecular flexibility index (Phi) is 3.80. The van der Waals surface area contributed by atoms with Crippen molar-refractivity contribution in [1.29, 1.82) is 0 Å². The molecule has 0 spiro atoms. The topological polar surface area (TPSA) is 26.3 Å². The predicted octanol–water partition coefficient (Wildman–Crippen LogP) is 1.47. The Labute approximate surface area is 58.8 Å². The molecule has 0 aliphatic heterocycles. The number of carbonyl (C=O) groups is 1. The summed E-state index contributed by atoms with van der Waals surface area (Å²) in [7, 11) is 0. The van der Waals surface area contributed by atoms with Crippen LogP contribution in [0.15, 0.2) is 25.3 Å². The van der Waals surface area contributed by atoms with Gasteiger partial charge >= 0.3 is 5.97 Å². The number of halogens is 1. The first-order valence-electron chi connectivity index (χ1n) is 2.30. The van der Waals surface area contributed by atoms with Crippen molar-refractivity contribution < 1.29 is 9.53 Å². The van der Waals surface area contributed by atoms with Crippen LogP contribution in [0.4, 0.5) is 0 Å². The number of alkyl halides is 1. The van der Waals surface area contributed by atoms with Crippen molar-refractivity contribution in [3.63, 3.8) is 0 Å². The van der Waals surface area contributed by atoms with Crippen LogP contribution in [0.1, 0.15) is 0 Å². The standard InChI is InChI=1S/C6H7ClO2/c1-3-5(7)9-6(8)4-2/h3-5H,1-2H2. The largest absolute Gasteiger partial charge is 0.439 e. The first-order valence-corrected chi connectivity index (χ1v) is 2.74. The van der Waals surface area contributed by atoms with E-state index in [2.05, 4.69) is 17.9 Å². The van der Waals surface area contributed by atoms with Gasteiger partial charge in [-0.25, -0.2) is 4.79 Å². The van der Waals surface area contributed by atoms with Crippen molar-refractivity contribution in [2.75, 3.05) is 0 Å². The van der Waals surface area contributed by atoms with E-state index in [0.717, 1.165) is 6.08 Å². The molecule has 1 unspecified atom stereocenters. The average Bonchev–Trinajstić information content (AvgIpc) is 1.87. The molecule has 0 aromatic rings. The molecular weight excluding hydrogens is 140 g/mol. The van der Waals surface area contributed by atoms with E-state index in [-0.39, 0.29) is 0 Å². The van der Waals surface area contributed by atoms with Crippen molar-refractivity contribution >= 4 is 17.6 Å². The molecule has 0 aromatic heterocycles. The van der Waals surface area contributed by atoms with Crippen LogP contribution in [-0.2, 0) is 9.53 Å². The maximum absolute atomic E-state index is 10.3. The molecule has 0 rings (SSSR count). The summed E-state index contributed by atoms with van der Waals surface area (Å²) in [5.41, 5.74) is -0.754. The smallest absolute Gasteiger partial charge is 0.331 e. The Morgan fingerprint density at radius 1 is 1.67 bits per heavy atom. The lowest BCUT2D eigenvalue weighted by Crippen LogP contribution is -2.06. The Morgan fingerprint density at radius 3 is 2.56 bits per heavy atom. The summed E-state index contributed by atoms with van der Waals surface area (Å²) in [4.78, 5) is 10.3. The molecule has 0 aromatic carbocycles. The van der Waals surface area contributed by atoms with E-state index in [1.807, 2.05) is 0 Å². The van der Waals surface area contributed by atoms with E-state index in [0.29, 0.717) is 0 Å². The molecule has 0 radical (unpaired) electrons. The Bertz CT molecular complexity index is 131. The van der Waals surface area contributed by atoms with Crippen molar-refractivity contribution in [2.24, 2.45) is 0 Å². The fourth-order valence-corrected chi connectivity index (χ4v) is 0.295. The van der Waals surface area contributed by atoms with Crippen molar-refractivity contribution in [3.05, 3.63) is 25.3 Å². The van der Waals surface area contributed by atoms with Gasteiger partial charge < -0.3 is 4.74 Å². The lowest BCUT2D eigenvalue weighted by molar-refractivity contribution is -0.137. The second-order valence-electron chi connectivity index (χ2n) is 1.23. The second kappa shape index (κ2) is 4.15. The first kappa shape index (κ1) is 8.24. The molecule has 0 bridgehead atoms. The highest BCUT2D eigenvalue weighted by Crippen LogP contribution is 1.98.